The molecule has 1 aliphatic rings. The highest BCUT2D eigenvalue weighted by Gasteiger charge is 2.30. The summed E-state index contributed by atoms with van der Waals surface area (Å²) in [7, 11) is 4.01. The van der Waals surface area contributed by atoms with Gasteiger partial charge in [-0.25, -0.2) is 0 Å². The van der Waals surface area contributed by atoms with Crippen LogP contribution in [0.15, 0.2) is 18.2 Å². The van der Waals surface area contributed by atoms with Crippen LogP contribution < -0.4 is 10.2 Å². The summed E-state index contributed by atoms with van der Waals surface area (Å²) in [4.78, 5) is 29.3. The van der Waals surface area contributed by atoms with E-state index in [0.717, 1.165) is 36.2 Å². The Bertz CT molecular complexity index is 702. The quantitative estimate of drug-likeness (QED) is 0.705. The Labute approximate surface area is 170 Å². The predicted octanol–water partition coefficient (Wildman–Crippen LogP) is 4.66. The summed E-state index contributed by atoms with van der Waals surface area (Å²) < 4.78 is 0. The van der Waals surface area contributed by atoms with Crippen LogP contribution in [0.3, 0.4) is 0 Å². The first-order valence-electron chi connectivity index (χ1n) is 10.4. The van der Waals surface area contributed by atoms with E-state index < -0.39 is 0 Å². The monoisotopic (exact) mass is 387 g/mol. The zero-order chi connectivity index (χ0) is 21.1. The summed E-state index contributed by atoms with van der Waals surface area (Å²) in [5.74, 6) is 0.451. The first-order chi connectivity index (χ1) is 13.0. The van der Waals surface area contributed by atoms with Crippen molar-refractivity contribution >= 4 is 23.2 Å². The van der Waals surface area contributed by atoms with E-state index in [-0.39, 0.29) is 29.2 Å². The van der Waals surface area contributed by atoms with Crippen molar-refractivity contribution in [1.82, 2.24) is 4.90 Å². The second kappa shape index (κ2) is 8.97. The lowest BCUT2D eigenvalue weighted by atomic mass is 9.91. The fourth-order valence-electron chi connectivity index (χ4n) is 3.26. The van der Waals surface area contributed by atoms with Crippen molar-refractivity contribution < 1.29 is 9.59 Å². The van der Waals surface area contributed by atoms with E-state index in [9.17, 15) is 9.59 Å². The minimum Gasteiger partial charge on any atom is -0.377 e. The maximum Gasteiger partial charge on any atom is 0.227 e. The molecular formula is C23H37N3O2. The zero-order valence-corrected chi connectivity index (χ0v) is 18.6. The molecule has 5 heteroatoms. The number of amides is 2. The molecule has 0 heterocycles. The first-order valence-corrected chi connectivity index (χ1v) is 10.4. The maximum absolute atomic E-state index is 13.0. The summed E-state index contributed by atoms with van der Waals surface area (Å²) in [5, 5.41) is 3.03. The van der Waals surface area contributed by atoms with E-state index in [2.05, 4.69) is 44.8 Å². The molecule has 28 heavy (non-hydrogen) atoms. The van der Waals surface area contributed by atoms with E-state index in [0.29, 0.717) is 13.0 Å². The SMILES string of the molecule is CCC(C)N(Cc1cc(NC(=O)C2CC2)ccc1N(C)C)C(=O)CC(C)(C)C. The number of benzene rings is 1. The van der Waals surface area contributed by atoms with Gasteiger partial charge in [0.15, 0.2) is 0 Å². The smallest absolute Gasteiger partial charge is 0.227 e. The zero-order valence-electron chi connectivity index (χ0n) is 18.6. The minimum absolute atomic E-state index is 0.0484. The molecule has 1 fully saturated rings. The van der Waals surface area contributed by atoms with Crippen LogP contribution in [0.25, 0.3) is 0 Å². The molecule has 1 saturated carbocycles. The summed E-state index contributed by atoms with van der Waals surface area (Å²) in [5.41, 5.74) is 2.89. The van der Waals surface area contributed by atoms with Gasteiger partial charge in [-0.2, -0.15) is 0 Å². The maximum atomic E-state index is 13.0. The summed E-state index contributed by atoms with van der Waals surface area (Å²) >= 11 is 0. The molecule has 0 spiro atoms. The van der Waals surface area contributed by atoms with Crippen LogP contribution in [0.2, 0.25) is 0 Å². The van der Waals surface area contributed by atoms with Gasteiger partial charge in [0.1, 0.15) is 0 Å². The summed E-state index contributed by atoms with van der Waals surface area (Å²) in [6.45, 7) is 11.1. The average Bonchev–Trinajstić information content (AvgIpc) is 3.42. The van der Waals surface area contributed by atoms with Crippen molar-refractivity contribution in [3.8, 4) is 0 Å². The Morgan fingerprint density at radius 1 is 1.21 bits per heavy atom. The molecule has 5 nitrogen and oxygen atoms in total. The lowest BCUT2D eigenvalue weighted by Crippen LogP contribution is -2.39. The third-order valence-electron chi connectivity index (χ3n) is 5.24. The highest BCUT2D eigenvalue weighted by atomic mass is 16.2. The summed E-state index contributed by atoms with van der Waals surface area (Å²) in [6, 6.07) is 6.16. The van der Waals surface area contributed by atoms with Gasteiger partial charge in [-0.05, 0) is 55.4 Å². The molecule has 2 rings (SSSR count). The normalized spacial score (nSPS) is 15.1. The number of carbonyl (C=O) groups is 2. The van der Waals surface area contributed by atoms with Gasteiger partial charge in [-0.3, -0.25) is 9.59 Å². The van der Waals surface area contributed by atoms with Crippen molar-refractivity contribution in [2.75, 3.05) is 24.3 Å². The number of nitrogens with one attached hydrogen (secondary N) is 1. The molecular weight excluding hydrogens is 350 g/mol. The largest absolute Gasteiger partial charge is 0.377 e. The van der Waals surface area contributed by atoms with Crippen LogP contribution in [-0.4, -0.2) is 36.9 Å². The van der Waals surface area contributed by atoms with Gasteiger partial charge < -0.3 is 15.1 Å². The third-order valence-corrected chi connectivity index (χ3v) is 5.24. The Kier molecular flexibility index (Phi) is 7.13. The van der Waals surface area contributed by atoms with Crippen LogP contribution in [0, 0.1) is 11.3 Å². The molecule has 1 aliphatic carbocycles. The molecule has 156 valence electrons. The molecule has 0 aromatic heterocycles. The first kappa shape index (κ1) is 22.3. The van der Waals surface area contributed by atoms with E-state index in [4.69, 9.17) is 0 Å². The van der Waals surface area contributed by atoms with E-state index >= 15 is 0 Å². The number of carbonyl (C=O) groups excluding carboxylic acids is 2. The van der Waals surface area contributed by atoms with Gasteiger partial charge in [-0.1, -0.05) is 27.7 Å². The Morgan fingerprint density at radius 3 is 2.36 bits per heavy atom. The van der Waals surface area contributed by atoms with Crippen molar-refractivity contribution in [1.29, 1.82) is 0 Å². The average molecular weight is 388 g/mol. The molecule has 2 amide bonds. The molecule has 0 saturated heterocycles. The highest BCUT2D eigenvalue weighted by molar-refractivity contribution is 5.94. The standard InChI is InChI=1S/C23H37N3O2/c1-8-16(2)26(21(27)14-23(3,4)5)15-18-13-19(11-12-20(18)25(6)7)24-22(28)17-9-10-17/h11-13,16-17H,8-10,14-15H2,1-7H3,(H,24,28). The van der Waals surface area contributed by atoms with Crippen molar-refractivity contribution in [3.63, 3.8) is 0 Å². The lowest BCUT2D eigenvalue weighted by molar-refractivity contribution is -0.135. The van der Waals surface area contributed by atoms with Crippen molar-refractivity contribution in [3.05, 3.63) is 23.8 Å². The number of rotatable bonds is 8. The van der Waals surface area contributed by atoms with E-state index in [1.54, 1.807) is 0 Å². The second-order valence-electron chi connectivity index (χ2n) is 9.52. The number of hydrogen-bond donors (Lipinski definition) is 1. The topological polar surface area (TPSA) is 52.7 Å². The molecule has 1 aromatic carbocycles. The lowest BCUT2D eigenvalue weighted by Gasteiger charge is -2.33. The van der Waals surface area contributed by atoms with Crippen LogP contribution in [-0.2, 0) is 16.1 Å². The molecule has 1 atom stereocenters. The van der Waals surface area contributed by atoms with Crippen molar-refractivity contribution in [2.45, 2.75) is 72.9 Å². The fraction of sp³-hybridized carbons (Fsp3) is 0.652. The van der Waals surface area contributed by atoms with Crippen LogP contribution in [0.4, 0.5) is 11.4 Å². The molecule has 1 unspecified atom stereocenters. The number of hydrogen-bond acceptors (Lipinski definition) is 3. The van der Waals surface area contributed by atoms with Gasteiger partial charge in [0.05, 0.1) is 0 Å². The Balaban J connectivity index is 2.29. The second-order valence-corrected chi connectivity index (χ2v) is 9.52. The van der Waals surface area contributed by atoms with Gasteiger partial charge >= 0.3 is 0 Å². The van der Waals surface area contributed by atoms with Crippen LogP contribution in [0.5, 0.6) is 0 Å². The fourth-order valence-corrected chi connectivity index (χ4v) is 3.26. The third kappa shape index (κ3) is 6.25. The summed E-state index contributed by atoms with van der Waals surface area (Å²) in [6.07, 6.45) is 3.40. The minimum atomic E-state index is -0.0484. The Morgan fingerprint density at radius 2 is 1.86 bits per heavy atom. The van der Waals surface area contributed by atoms with Crippen LogP contribution >= 0.6 is 0 Å². The molecule has 0 bridgehead atoms. The van der Waals surface area contributed by atoms with Crippen LogP contribution in [0.1, 0.15) is 65.9 Å². The predicted molar refractivity (Wildman–Crippen MR) is 116 cm³/mol. The van der Waals surface area contributed by atoms with E-state index in [1.807, 2.05) is 37.2 Å². The highest BCUT2D eigenvalue weighted by Crippen LogP contribution is 2.32. The molecule has 1 N–H and O–H groups in total. The number of anilines is 2. The van der Waals surface area contributed by atoms with Crippen molar-refractivity contribution in [2.24, 2.45) is 11.3 Å². The van der Waals surface area contributed by atoms with Gasteiger partial charge in [-0.15, -0.1) is 0 Å². The van der Waals surface area contributed by atoms with Gasteiger partial charge in [0.25, 0.3) is 0 Å². The van der Waals surface area contributed by atoms with Gasteiger partial charge in [0.2, 0.25) is 11.8 Å². The molecule has 1 aromatic rings. The molecule has 0 aliphatic heterocycles. The number of nitrogens with zero attached hydrogens (tertiary/aromatic N) is 2. The van der Waals surface area contributed by atoms with E-state index in [1.165, 1.54) is 0 Å². The van der Waals surface area contributed by atoms with Gasteiger partial charge in [0, 0.05) is 50.4 Å². The Hall–Kier alpha value is -2.04. The molecule has 0 radical (unpaired) electrons.